The quantitative estimate of drug-likeness (QED) is 0.493. The lowest BCUT2D eigenvalue weighted by molar-refractivity contribution is -0.118. The number of hydrogen-bond acceptors (Lipinski definition) is 6. The van der Waals surface area contributed by atoms with Crippen molar-refractivity contribution in [2.24, 2.45) is 0 Å². The van der Waals surface area contributed by atoms with Crippen LogP contribution < -0.4 is 20.1 Å². The molecule has 0 bridgehead atoms. The van der Waals surface area contributed by atoms with E-state index in [1.807, 2.05) is 56.3 Å². The van der Waals surface area contributed by atoms with E-state index in [4.69, 9.17) is 14.2 Å². The maximum atomic E-state index is 12.2. The van der Waals surface area contributed by atoms with Crippen LogP contribution in [-0.2, 0) is 16.1 Å². The smallest absolute Gasteiger partial charge is 0.262 e. The van der Waals surface area contributed by atoms with Crippen molar-refractivity contribution in [2.45, 2.75) is 26.8 Å². The van der Waals surface area contributed by atoms with E-state index >= 15 is 0 Å². The van der Waals surface area contributed by atoms with Crippen molar-refractivity contribution in [1.29, 1.82) is 0 Å². The highest BCUT2D eigenvalue weighted by molar-refractivity contribution is 5.91. The molecule has 0 spiro atoms. The molecule has 1 heterocycles. The van der Waals surface area contributed by atoms with Gasteiger partial charge in [-0.3, -0.25) is 9.69 Å². The second-order valence-electron chi connectivity index (χ2n) is 7.90. The number of ether oxygens (including phenoxy) is 3. The Bertz CT molecular complexity index is 836. The Labute approximate surface area is 191 Å². The molecule has 1 saturated heterocycles. The number of carbonyl (C=O) groups excluding carboxylic acids is 1. The molecule has 1 fully saturated rings. The number of amides is 1. The maximum Gasteiger partial charge on any atom is 0.262 e. The lowest BCUT2D eigenvalue weighted by Gasteiger charge is -2.26. The number of aryl methyl sites for hydroxylation is 1. The fraction of sp³-hybridized carbons (Fsp3) is 0.480. The summed E-state index contributed by atoms with van der Waals surface area (Å²) in [5.74, 6) is 1.02. The maximum absolute atomic E-state index is 12.2. The third-order valence-corrected chi connectivity index (χ3v) is 5.26. The molecule has 2 aromatic rings. The molecule has 7 heteroatoms. The van der Waals surface area contributed by atoms with Gasteiger partial charge in [0.1, 0.15) is 0 Å². The van der Waals surface area contributed by atoms with Gasteiger partial charge in [-0.05, 0) is 63.2 Å². The van der Waals surface area contributed by atoms with E-state index in [9.17, 15) is 4.79 Å². The molecule has 1 aliphatic heterocycles. The van der Waals surface area contributed by atoms with Crippen LogP contribution in [0.4, 0.5) is 5.69 Å². The van der Waals surface area contributed by atoms with Gasteiger partial charge in [0.2, 0.25) is 0 Å². The number of nitrogens with one attached hydrogen (secondary N) is 2. The largest absolute Gasteiger partial charge is 0.490 e. The van der Waals surface area contributed by atoms with Crippen LogP contribution in [0.1, 0.15) is 24.5 Å². The van der Waals surface area contributed by atoms with Crippen molar-refractivity contribution >= 4 is 11.6 Å². The number of benzene rings is 2. The van der Waals surface area contributed by atoms with E-state index in [1.54, 1.807) is 0 Å². The minimum atomic E-state index is -0.206. The lowest BCUT2D eigenvalue weighted by atomic mass is 10.2. The highest BCUT2D eigenvalue weighted by Gasteiger charge is 2.11. The van der Waals surface area contributed by atoms with Crippen LogP contribution in [0.5, 0.6) is 11.5 Å². The average molecular weight is 442 g/mol. The van der Waals surface area contributed by atoms with Crippen molar-refractivity contribution < 1.29 is 19.0 Å². The van der Waals surface area contributed by atoms with Gasteiger partial charge < -0.3 is 24.8 Å². The Morgan fingerprint density at radius 3 is 2.59 bits per heavy atom. The summed E-state index contributed by atoms with van der Waals surface area (Å²) in [4.78, 5) is 14.7. The molecular formula is C25H35N3O4. The molecule has 0 saturated carbocycles. The third kappa shape index (κ3) is 8.15. The molecule has 2 aromatic carbocycles. The third-order valence-electron chi connectivity index (χ3n) is 5.26. The van der Waals surface area contributed by atoms with Crippen molar-refractivity contribution in [3.05, 3.63) is 53.6 Å². The van der Waals surface area contributed by atoms with Crippen LogP contribution in [-0.4, -0.2) is 63.4 Å². The monoisotopic (exact) mass is 441 g/mol. The Hall–Kier alpha value is -2.61. The summed E-state index contributed by atoms with van der Waals surface area (Å²) >= 11 is 0. The molecule has 7 nitrogen and oxygen atoms in total. The molecule has 32 heavy (non-hydrogen) atoms. The molecule has 3 rings (SSSR count). The minimum Gasteiger partial charge on any atom is -0.490 e. The molecule has 0 aromatic heterocycles. The van der Waals surface area contributed by atoms with Crippen LogP contribution in [0.2, 0.25) is 0 Å². The van der Waals surface area contributed by atoms with Crippen LogP contribution in [0, 0.1) is 6.92 Å². The Kier molecular flexibility index (Phi) is 9.81. The first-order chi connectivity index (χ1) is 15.6. The number of carbonyl (C=O) groups is 1. The van der Waals surface area contributed by atoms with E-state index in [0.717, 1.165) is 69.2 Å². The van der Waals surface area contributed by atoms with Gasteiger partial charge in [-0.1, -0.05) is 23.8 Å². The van der Waals surface area contributed by atoms with Crippen molar-refractivity contribution in [1.82, 2.24) is 10.2 Å². The lowest BCUT2D eigenvalue weighted by Crippen LogP contribution is -2.37. The summed E-state index contributed by atoms with van der Waals surface area (Å²) in [6.45, 7) is 11.0. The average Bonchev–Trinajstić information content (AvgIpc) is 2.81. The molecule has 1 amide bonds. The summed E-state index contributed by atoms with van der Waals surface area (Å²) in [5, 5.41) is 6.33. The Morgan fingerprint density at radius 2 is 1.84 bits per heavy atom. The van der Waals surface area contributed by atoms with Crippen LogP contribution in [0.3, 0.4) is 0 Å². The first-order valence-electron chi connectivity index (χ1n) is 11.4. The number of anilines is 1. The van der Waals surface area contributed by atoms with Gasteiger partial charge in [-0.2, -0.15) is 0 Å². The second-order valence-corrected chi connectivity index (χ2v) is 7.90. The van der Waals surface area contributed by atoms with Gasteiger partial charge in [0.25, 0.3) is 5.91 Å². The fourth-order valence-corrected chi connectivity index (χ4v) is 3.51. The minimum absolute atomic E-state index is 0.0763. The molecule has 0 aliphatic carbocycles. The molecule has 0 atom stereocenters. The molecule has 1 aliphatic rings. The van der Waals surface area contributed by atoms with E-state index in [1.165, 1.54) is 0 Å². The first-order valence-corrected chi connectivity index (χ1v) is 11.4. The standard InChI is InChI=1S/C25H35N3O4/c1-3-31-24-17-21(18-26-11-4-12-28-13-15-30-16-14-28)7-10-23(24)32-19-25(29)27-22-8-5-20(2)6-9-22/h5-10,17,26H,3-4,11-16,18-19H2,1-2H3,(H,27,29). The number of hydrogen-bond donors (Lipinski definition) is 2. The van der Waals surface area contributed by atoms with E-state index in [2.05, 4.69) is 15.5 Å². The van der Waals surface area contributed by atoms with Crippen LogP contribution >= 0.6 is 0 Å². The SMILES string of the molecule is CCOc1cc(CNCCCN2CCOCC2)ccc1OCC(=O)Nc1ccc(C)cc1. The summed E-state index contributed by atoms with van der Waals surface area (Å²) in [5.41, 5.74) is 3.02. The fourth-order valence-electron chi connectivity index (χ4n) is 3.51. The molecule has 174 valence electrons. The summed E-state index contributed by atoms with van der Waals surface area (Å²) in [6.07, 6.45) is 1.11. The predicted octanol–water partition coefficient (Wildman–Crippen LogP) is 3.22. The predicted molar refractivity (Wildman–Crippen MR) is 126 cm³/mol. The summed E-state index contributed by atoms with van der Waals surface area (Å²) in [7, 11) is 0. The van der Waals surface area contributed by atoms with Crippen LogP contribution in [0.15, 0.2) is 42.5 Å². The number of nitrogens with zero attached hydrogens (tertiary/aromatic N) is 1. The van der Waals surface area contributed by atoms with Gasteiger partial charge in [-0.25, -0.2) is 0 Å². The molecule has 0 unspecified atom stereocenters. The van der Waals surface area contributed by atoms with Gasteiger partial charge >= 0.3 is 0 Å². The van der Waals surface area contributed by atoms with Crippen LogP contribution in [0.25, 0.3) is 0 Å². The number of rotatable bonds is 12. The molecule has 2 N–H and O–H groups in total. The summed E-state index contributed by atoms with van der Waals surface area (Å²) < 4.78 is 16.9. The van der Waals surface area contributed by atoms with Gasteiger partial charge in [0, 0.05) is 25.3 Å². The van der Waals surface area contributed by atoms with E-state index < -0.39 is 0 Å². The van der Waals surface area contributed by atoms with Gasteiger partial charge in [-0.15, -0.1) is 0 Å². The first kappa shape index (κ1) is 24.0. The topological polar surface area (TPSA) is 72.1 Å². The van der Waals surface area contributed by atoms with Gasteiger partial charge in [0.15, 0.2) is 18.1 Å². The van der Waals surface area contributed by atoms with Gasteiger partial charge in [0.05, 0.1) is 19.8 Å². The Balaban J connectivity index is 1.43. The van der Waals surface area contributed by atoms with E-state index in [0.29, 0.717) is 18.1 Å². The van der Waals surface area contributed by atoms with Crippen molar-refractivity contribution in [3.8, 4) is 11.5 Å². The zero-order valence-electron chi connectivity index (χ0n) is 19.2. The van der Waals surface area contributed by atoms with Crippen molar-refractivity contribution in [2.75, 3.05) is 57.9 Å². The highest BCUT2D eigenvalue weighted by atomic mass is 16.5. The number of morpholine rings is 1. The normalized spacial score (nSPS) is 14.2. The molecular weight excluding hydrogens is 406 g/mol. The Morgan fingerprint density at radius 1 is 1.06 bits per heavy atom. The zero-order valence-corrected chi connectivity index (χ0v) is 19.2. The zero-order chi connectivity index (χ0) is 22.6. The highest BCUT2D eigenvalue weighted by Crippen LogP contribution is 2.28. The second kappa shape index (κ2) is 13.1. The van der Waals surface area contributed by atoms with Crippen molar-refractivity contribution in [3.63, 3.8) is 0 Å². The summed E-state index contributed by atoms with van der Waals surface area (Å²) in [6, 6.07) is 13.5. The van der Waals surface area contributed by atoms with E-state index in [-0.39, 0.29) is 12.5 Å². The molecule has 0 radical (unpaired) electrons.